The predicted molar refractivity (Wildman–Crippen MR) is 159 cm³/mol. The lowest BCUT2D eigenvalue weighted by atomic mass is 10.1. The van der Waals surface area contributed by atoms with Gasteiger partial charge in [-0.05, 0) is 59.7 Å². The van der Waals surface area contributed by atoms with E-state index in [-0.39, 0.29) is 12.3 Å². The number of hydrogen-bond donors (Lipinski definition) is 0. The lowest BCUT2D eigenvalue weighted by molar-refractivity contribution is 0.0816. The van der Waals surface area contributed by atoms with Crippen molar-refractivity contribution in [3.8, 4) is 5.75 Å². The molecule has 40 heavy (non-hydrogen) atoms. The first-order valence-corrected chi connectivity index (χ1v) is 12.9. The van der Waals surface area contributed by atoms with Crippen LogP contribution in [-0.2, 0) is 18.2 Å². The average Bonchev–Trinajstić information content (AvgIpc) is 3.00. The summed E-state index contributed by atoms with van der Waals surface area (Å²) in [6, 6.07) is 26.3. The van der Waals surface area contributed by atoms with Crippen molar-refractivity contribution in [3.05, 3.63) is 148 Å². The van der Waals surface area contributed by atoms with Crippen molar-refractivity contribution in [3.63, 3.8) is 0 Å². The van der Waals surface area contributed by atoms with E-state index in [1.807, 2.05) is 91.0 Å². The third kappa shape index (κ3) is 7.09. The number of halogens is 1. The normalized spacial score (nSPS) is 11.9. The molecule has 0 atom stereocenters. The Morgan fingerprint density at radius 2 is 1.68 bits per heavy atom. The van der Waals surface area contributed by atoms with Crippen molar-refractivity contribution in [2.75, 3.05) is 0 Å². The van der Waals surface area contributed by atoms with E-state index in [0.717, 1.165) is 22.4 Å². The molecule has 0 saturated heterocycles. The summed E-state index contributed by atoms with van der Waals surface area (Å²) >= 11 is 6.21. The molecule has 0 unspecified atom stereocenters. The zero-order valence-electron chi connectivity index (χ0n) is 21.4. The van der Waals surface area contributed by atoms with Gasteiger partial charge in [-0.15, -0.1) is 0 Å². The Hall–Kier alpha value is -5.01. The van der Waals surface area contributed by atoms with Crippen molar-refractivity contribution in [2.24, 2.45) is 5.16 Å². The molecular weight excluding hydrogens is 524 g/mol. The maximum Gasteiger partial charge on any atom is 0.264 e. The van der Waals surface area contributed by atoms with Crippen LogP contribution in [0.3, 0.4) is 0 Å². The highest BCUT2D eigenvalue weighted by atomic mass is 35.5. The number of para-hydroxylation sites is 1. The minimum absolute atomic E-state index is 0.0772. The van der Waals surface area contributed by atoms with Gasteiger partial charge in [0.15, 0.2) is 6.73 Å². The lowest BCUT2D eigenvalue weighted by Crippen LogP contribution is -2.21. The zero-order valence-corrected chi connectivity index (χ0v) is 22.2. The maximum atomic E-state index is 12.7. The minimum atomic E-state index is -0.194. The van der Waals surface area contributed by atoms with Crippen molar-refractivity contribution in [1.82, 2.24) is 14.5 Å². The van der Waals surface area contributed by atoms with Crippen molar-refractivity contribution in [1.29, 1.82) is 0 Å². The molecule has 3 aromatic carbocycles. The van der Waals surface area contributed by atoms with Gasteiger partial charge in [0, 0.05) is 23.0 Å². The highest BCUT2D eigenvalue weighted by molar-refractivity contribution is 6.31. The van der Waals surface area contributed by atoms with E-state index >= 15 is 0 Å². The van der Waals surface area contributed by atoms with Gasteiger partial charge in [0.2, 0.25) is 0 Å². The molecule has 0 saturated carbocycles. The Labute approximate surface area is 236 Å². The van der Waals surface area contributed by atoms with Gasteiger partial charge in [-0.2, -0.15) is 0 Å². The molecule has 0 spiro atoms. The molecule has 198 valence electrons. The van der Waals surface area contributed by atoms with Crippen LogP contribution in [-0.4, -0.2) is 20.2 Å². The molecule has 0 fully saturated rings. The van der Waals surface area contributed by atoms with Gasteiger partial charge in [-0.1, -0.05) is 77.4 Å². The molecule has 0 amide bonds. The largest absolute Gasteiger partial charge is 0.489 e. The van der Waals surface area contributed by atoms with E-state index < -0.39 is 0 Å². The maximum absolute atomic E-state index is 12.7. The van der Waals surface area contributed by atoms with Gasteiger partial charge < -0.3 is 9.57 Å². The van der Waals surface area contributed by atoms with Crippen LogP contribution in [0.2, 0.25) is 5.02 Å². The van der Waals surface area contributed by atoms with E-state index in [0.29, 0.717) is 28.2 Å². The molecule has 2 aromatic heterocycles. The van der Waals surface area contributed by atoms with Gasteiger partial charge in [0.1, 0.15) is 24.4 Å². The molecule has 0 N–H and O–H groups in total. The van der Waals surface area contributed by atoms with Crippen LogP contribution in [0.15, 0.2) is 126 Å². The molecule has 0 aliphatic rings. The van der Waals surface area contributed by atoms with E-state index in [2.05, 4.69) is 15.1 Å². The summed E-state index contributed by atoms with van der Waals surface area (Å²) in [4.78, 5) is 26.7. The van der Waals surface area contributed by atoms with Crippen molar-refractivity contribution < 1.29 is 9.57 Å². The van der Waals surface area contributed by atoms with Crippen LogP contribution < -0.4 is 10.3 Å². The summed E-state index contributed by atoms with van der Waals surface area (Å²) in [7, 11) is 0. The fourth-order valence-corrected chi connectivity index (χ4v) is 3.96. The van der Waals surface area contributed by atoms with Crippen molar-refractivity contribution in [2.45, 2.75) is 13.3 Å². The van der Waals surface area contributed by atoms with Gasteiger partial charge in [-0.3, -0.25) is 14.3 Å². The Morgan fingerprint density at radius 3 is 2.48 bits per heavy atom. The van der Waals surface area contributed by atoms with Crippen LogP contribution in [0, 0.1) is 0 Å². The summed E-state index contributed by atoms with van der Waals surface area (Å²) in [5, 5.41) is 5.46. The number of benzene rings is 3. The molecule has 0 bridgehead atoms. The number of fused-ring (bicyclic) bond motifs is 1. The van der Waals surface area contributed by atoms with Crippen LogP contribution in [0.5, 0.6) is 5.75 Å². The molecule has 8 heteroatoms. The van der Waals surface area contributed by atoms with Gasteiger partial charge in [0.25, 0.3) is 5.56 Å². The molecule has 0 radical (unpaired) electrons. The molecule has 5 aromatic rings. The molecular formula is C32H25ClN4O3. The predicted octanol–water partition coefficient (Wildman–Crippen LogP) is 6.78. The molecule has 0 aliphatic carbocycles. The number of oxime groups is 1. The first kappa shape index (κ1) is 26.6. The van der Waals surface area contributed by atoms with Crippen LogP contribution in [0.1, 0.15) is 16.7 Å². The second kappa shape index (κ2) is 13.2. The fraction of sp³-hybridized carbons (Fsp3) is 0.0625. The molecule has 5 rings (SSSR count). The van der Waals surface area contributed by atoms with Gasteiger partial charge in [0.05, 0.1) is 10.9 Å². The standard InChI is InChI=1S/C32H25ClN4O3/c33-30-9-3-1-7-26(30)21-39-28-17-13-24(14-18-28)11-15-27(16-12-25-6-5-19-34-20-25)36-40-23-37-22-35-31-10-4-2-8-29(31)32(37)38/h1-20,22H,21,23H2/b15-11+,16-12+,36-27-. The third-order valence-corrected chi connectivity index (χ3v) is 6.28. The van der Waals surface area contributed by atoms with E-state index in [4.69, 9.17) is 21.2 Å². The summed E-state index contributed by atoms with van der Waals surface area (Å²) in [6.07, 6.45) is 12.4. The van der Waals surface area contributed by atoms with E-state index in [1.54, 1.807) is 30.6 Å². The lowest BCUT2D eigenvalue weighted by Gasteiger charge is -2.08. The number of hydrogen-bond acceptors (Lipinski definition) is 6. The van der Waals surface area contributed by atoms with Crippen molar-refractivity contribution >= 4 is 40.4 Å². The second-order valence-electron chi connectivity index (χ2n) is 8.71. The Bertz CT molecular complexity index is 1730. The fourth-order valence-electron chi connectivity index (χ4n) is 3.77. The molecule has 0 aliphatic heterocycles. The second-order valence-corrected chi connectivity index (χ2v) is 9.12. The number of pyridine rings is 1. The van der Waals surface area contributed by atoms with E-state index in [1.165, 1.54) is 10.9 Å². The average molecular weight is 549 g/mol. The number of ether oxygens (including phenoxy) is 1. The number of rotatable bonds is 10. The topological polar surface area (TPSA) is 78.6 Å². The number of nitrogens with zero attached hydrogens (tertiary/aromatic N) is 4. The smallest absolute Gasteiger partial charge is 0.264 e. The number of aromatic nitrogens is 3. The summed E-state index contributed by atoms with van der Waals surface area (Å²) in [6.45, 7) is 0.310. The Balaban J connectivity index is 1.28. The van der Waals surface area contributed by atoms with Crippen LogP contribution in [0.25, 0.3) is 23.1 Å². The Morgan fingerprint density at radius 1 is 0.900 bits per heavy atom. The first-order valence-electron chi connectivity index (χ1n) is 12.5. The van der Waals surface area contributed by atoms with Crippen LogP contribution >= 0.6 is 11.6 Å². The summed E-state index contributed by atoms with van der Waals surface area (Å²) < 4.78 is 7.24. The summed E-state index contributed by atoms with van der Waals surface area (Å²) in [5.41, 5.74) is 3.78. The quantitative estimate of drug-likeness (QED) is 0.142. The first-order chi connectivity index (χ1) is 19.7. The highest BCUT2D eigenvalue weighted by Gasteiger charge is 2.04. The highest BCUT2D eigenvalue weighted by Crippen LogP contribution is 2.19. The molecule has 7 nitrogen and oxygen atoms in total. The summed E-state index contributed by atoms with van der Waals surface area (Å²) in [5.74, 6) is 0.736. The zero-order chi connectivity index (χ0) is 27.6. The monoisotopic (exact) mass is 548 g/mol. The van der Waals surface area contributed by atoms with Gasteiger partial charge in [-0.25, -0.2) is 4.98 Å². The minimum Gasteiger partial charge on any atom is -0.489 e. The third-order valence-electron chi connectivity index (χ3n) is 5.91. The SMILES string of the molecule is O=c1c2ccccc2ncn1CO/N=C(/C=C/c1ccc(OCc2ccccc2Cl)cc1)\C=C\c1cccnc1. The Kier molecular flexibility index (Phi) is 8.76. The van der Waals surface area contributed by atoms with E-state index in [9.17, 15) is 4.79 Å². The van der Waals surface area contributed by atoms with Crippen LogP contribution in [0.4, 0.5) is 0 Å². The molecule has 2 heterocycles. The number of allylic oxidation sites excluding steroid dienone is 2. The van der Waals surface area contributed by atoms with Gasteiger partial charge >= 0.3 is 0 Å².